The van der Waals surface area contributed by atoms with Gasteiger partial charge in [-0.25, -0.2) is 0 Å². The number of carbonyl (C=O) groups excluding carboxylic acids is 2. The van der Waals surface area contributed by atoms with Gasteiger partial charge in [0.1, 0.15) is 0 Å². The number of hydrogen-bond acceptors (Lipinski definition) is 4. The molecule has 0 aromatic heterocycles. The third-order valence-corrected chi connectivity index (χ3v) is 3.28. The Bertz CT molecular complexity index is 343. The molecule has 0 unspecified atom stereocenters. The van der Waals surface area contributed by atoms with Crippen LogP contribution in [0.25, 0.3) is 0 Å². The molecule has 0 aliphatic heterocycles. The number of nitrogens with two attached hydrogens (primary N) is 1. The van der Waals surface area contributed by atoms with Crippen LogP contribution in [0.4, 0.5) is 0 Å². The van der Waals surface area contributed by atoms with Crippen LogP contribution in [0.15, 0.2) is 30.3 Å². The molecule has 6 heteroatoms. The van der Waals surface area contributed by atoms with Crippen LogP contribution in [-0.2, 0) is 15.3 Å². The lowest BCUT2D eigenvalue weighted by molar-refractivity contribution is -0.136. The zero-order chi connectivity index (χ0) is 11.1. The smallest absolute Gasteiger partial charge is 0.319 e. The normalized spacial score (nSPS) is 9.60. The van der Waals surface area contributed by atoms with Crippen LogP contribution >= 0.6 is 21.8 Å². The minimum absolute atomic E-state index is 0.755. The SMILES string of the molecule is NC(=O)C(=O)NSSCc1ccccc1. The van der Waals surface area contributed by atoms with Crippen LogP contribution in [0.5, 0.6) is 0 Å². The van der Waals surface area contributed by atoms with Crippen LogP contribution < -0.4 is 10.5 Å². The molecule has 0 saturated heterocycles. The van der Waals surface area contributed by atoms with Gasteiger partial charge >= 0.3 is 11.8 Å². The van der Waals surface area contributed by atoms with Gasteiger partial charge in [-0.05, 0) is 5.56 Å². The van der Waals surface area contributed by atoms with Crippen molar-refractivity contribution in [2.45, 2.75) is 5.75 Å². The van der Waals surface area contributed by atoms with Crippen molar-refractivity contribution in [2.75, 3.05) is 0 Å². The van der Waals surface area contributed by atoms with E-state index >= 15 is 0 Å². The van der Waals surface area contributed by atoms with Gasteiger partial charge in [0.05, 0.1) is 0 Å². The first-order valence-corrected chi connectivity index (χ1v) is 6.44. The Morgan fingerprint density at radius 1 is 1.27 bits per heavy atom. The lowest BCUT2D eigenvalue weighted by Crippen LogP contribution is -2.31. The molecule has 0 aliphatic carbocycles. The maximum Gasteiger partial charge on any atom is 0.319 e. The zero-order valence-electron chi connectivity index (χ0n) is 7.80. The van der Waals surface area contributed by atoms with Gasteiger partial charge in [0.2, 0.25) is 0 Å². The van der Waals surface area contributed by atoms with E-state index in [9.17, 15) is 9.59 Å². The number of benzene rings is 1. The number of rotatable bonds is 4. The summed E-state index contributed by atoms with van der Waals surface area (Å²) < 4.78 is 2.32. The Kier molecular flexibility index (Phi) is 5.06. The summed E-state index contributed by atoms with van der Waals surface area (Å²) in [6, 6.07) is 9.81. The topological polar surface area (TPSA) is 72.2 Å². The summed E-state index contributed by atoms with van der Waals surface area (Å²) in [5, 5.41) is 0. The summed E-state index contributed by atoms with van der Waals surface area (Å²) in [7, 11) is 2.53. The highest BCUT2D eigenvalue weighted by Crippen LogP contribution is 2.22. The maximum absolute atomic E-state index is 10.7. The molecule has 0 atom stereocenters. The van der Waals surface area contributed by atoms with Gasteiger partial charge < -0.3 is 5.73 Å². The van der Waals surface area contributed by atoms with Gasteiger partial charge in [0, 0.05) is 16.7 Å². The van der Waals surface area contributed by atoms with Crippen molar-refractivity contribution in [1.82, 2.24) is 4.72 Å². The number of carbonyl (C=O) groups is 2. The maximum atomic E-state index is 10.7. The molecule has 1 aromatic rings. The summed E-state index contributed by atoms with van der Waals surface area (Å²) in [6.45, 7) is 0. The van der Waals surface area contributed by atoms with Crippen molar-refractivity contribution in [2.24, 2.45) is 5.73 Å². The Hall–Kier alpha value is -1.14. The predicted octanol–water partition coefficient (Wildman–Crippen LogP) is 1.08. The highest BCUT2D eigenvalue weighted by atomic mass is 33.1. The Morgan fingerprint density at radius 2 is 1.93 bits per heavy atom. The van der Waals surface area contributed by atoms with E-state index in [0.29, 0.717) is 0 Å². The third kappa shape index (κ3) is 4.75. The number of hydrogen-bond donors (Lipinski definition) is 2. The fourth-order valence-electron chi connectivity index (χ4n) is 0.789. The lowest BCUT2D eigenvalue weighted by atomic mass is 10.2. The molecule has 2 amide bonds. The third-order valence-electron chi connectivity index (χ3n) is 1.49. The van der Waals surface area contributed by atoms with Crippen LogP contribution in [0.1, 0.15) is 5.56 Å². The van der Waals surface area contributed by atoms with E-state index in [2.05, 4.69) is 4.72 Å². The summed E-state index contributed by atoms with van der Waals surface area (Å²) in [4.78, 5) is 21.1. The van der Waals surface area contributed by atoms with Crippen molar-refractivity contribution in [3.05, 3.63) is 35.9 Å². The van der Waals surface area contributed by atoms with E-state index in [1.165, 1.54) is 10.8 Å². The van der Waals surface area contributed by atoms with Crippen LogP contribution in [0.2, 0.25) is 0 Å². The van der Waals surface area contributed by atoms with E-state index in [4.69, 9.17) is 5.73 Å². The van der Waals surface area contributed by atoms with Crippen molar-refractivity contribution in [3.63, 3.8) is 0 Å². The van der Waals surface area contributed by atoms with E-state index in [-0.39, 0.29) is 0 Å². The predicted molar refractivity (Wildman–Crippen MR) is 62.7 cm³/mol. The molecular formula is C9H10N2O2S2. The molecule has 4 nitrogen and oxygen atoms in total. The van der Waals surface area contributed by atoms with Crippen LogP contribution in [-0.4, -0.2) is 11.8 Å². The van der Waals surface area contributed by atoms with E-state index < -0.39 is 11.8 Å². The molecule has 1 aromatic carbocycles. The zero-order valence-corrected chi connectivity index (χ0v) is 9.44. The molecular weight excluding hydrogens is 232 g/mol. The number of amides is 2. The van der Waals surface area contributed by atoms with Gasteiger partial charge in [0.25, 0.3) is 0 Å². The van der Waals surface area contributed by atoms with Crippen molar-refractivity contribution >= 4 is 33.6 Å². The molecule has 0 heterocycles. The fraction of sp³-hybridized carbons (Fsp3) is 0.111. The standard InChI is InChI=1S/C9H10N2O2S2/c10-8(12)9(13)11-15-14-6-7-4-2-1-3-5-7/h1-5H,6H2,(H2,10,12)(H,11,13). The second-order valence-electron chi connectivity index (χ2n) is 2.63. The number of primary amides is 1. The second-order valence-corrected chi connectivity index (χ2v) is 4.73. The minimum atomic E-state index is -0.970. The second kappa shape index (κ2) is 6.36. The highest BCUT2D eigenvalue weighted by Gasteiger charge is 2.07. The van der Waals surface area contributed by atoms with Crippen molar-refractivity contribution in [1.29, 1.82) is 0 Å². The van der Waals surface area contributed by atoms with Gasteiger partial charge in [-0.3, -0.25) is 14.3 Å². The Balaban J connectivity index is 2.18. The largest absolute Gasteiger partial charge is 0.361 e. The summed E-state index contributed by atoms with van der Waals surface area (Å²) in [6.07, 6.45) is 0. The summed E-state index contributed by atoms with van der Waals surface area (Å²) >= 11 is 0. The first-order chi connectivity index (χ1) is 7.20. The average molecular weight is 242 g/mol. The molecule has 0 bridgehead atoms. The van der Waals surface area contributed by atoms with Gasteiger partial charge in [-0.1, -0.05) is 41.1 Å². The Labute approximate surface area is 95.5 Å². The Morgan fingerprint density at radius 3 is 2.53 bits per heavy atom. The molecule has 0 aliphatic rings. The number of nitrogens with one attached hydrogen (secondary N) is 1. The molecule has 1 rings (SSSR count). The summed E-state index contributed by atoms with van der Waals surface area (Å²) in [5.74, 6) is -0.992. The molecule has 0 fully saturated rings. The highest BCUT2D eigenvalue weighted by molar-refractivity contribution is 8.75. The van der Waals surface area contributed by atoms with Gasteiger partial charge in [-0.15, -0.1) is 0 Å². The molecule has 80 valence electrons. The molecule has 0 saturated carbocycles. The summed E-state index contributed by atoms with van der Waals surface area (Å²) in [5.41, 5.74) is 5.91. The van der Waals surface area contributed by atoms with Crippen molar-refractivity contribution < 1.29 is 9.59 Å². The monoisotopic (exact) mass is 242 g/mol. The molecule has 3 N–H and O–H groups in total. The van der Waals surface area contributed by atoms with Crippen LogP contribution in [0.3, 0.4) is 0 Å². The van der Waals surface area contributed by atoms with Crippen molar-refractivity contribution in [3.8, 4) is 0 Å². The lowest BCUT2D eigenvalue weighted by Gasteiger charge is -2.00. The molecule has 0 radical (unpaired) electrons. The van der Waals surface area contributed by atoms with E-state index in [0.717, 1.165) is 22.3 Å². The van der Waals surface area contributed by atoms with Crippen LogP contribution in [0, 0.1) is 0 Å². The first kappa shape index (κ1) is 11.9. The van der Waals surface area contributed by atoms with E-state index in [1.54, 1.807) is 0 Å². The van der Waals surface area contributed by atoms with E-state index in [1.807, 2.05) is 30.3 Å². The van der Waals surface area contributed by atoms with Gasteiger partial charge in [0.15, 0.2) is 0 Å². The quantitative estimate of drug-likeness (QED) is 0.359. The first-order valence-electron chi connectivity index (χ1n) is 4.12. The minimum Gasteiger partial charge on any atom is -0.361 e. The van der Waals surface area contributed by atoms with Gasteiger partial charge in [-0.2, -0.15) is 0 Å². The average Bonchev–Trinajstić information content (AvgIpc) is 2.25. The molecule has 15 heavy (non-hydrogen) atoms. The molecule has 0 spiro atoms. The fourth-order valence-corrected chi connectivity index (χ4v) is 2.40.